The van der Waals surface area contributed by atoms with Crippen molar-refractivity contribution >= 4 is 5.91 Å². The Balaban J connectivity index is 2.38. The van der Waals surface area contributed by atoms with Crippen LogP contribution in [0.1, 0.15) is 19.8 Å². The lowest BCUT2D eigenvalue weighted by atomic mass is 10.1. The number of carbonyl (C=O) groups is 1. The molecule has 1 fully saturated rings. The number of alkyl halides is 3. The number of hydrogen-bond acceptors (Lipinski definition) is 2. The van der Waals surface area contributed by atoms with Crippen LogP contribution in [-0.4, -0.2) is 42.7 Å². The standard InChI is InChI=1S/C9H15F3N2O/c1-7(15)13-8-3-2-4-14(5-8)6-9(10,11)12/h8H,2-6H2,1H3,(H,13,15)/t8-/m0/s1. The molecule has 0 unspecified atom stereocenters. The molecule has 1 saturated heterocycles. The summed E-state index contributed by atoms with van der Waals surface area (Å²) < 4.78 is 36.3. The van der Waals surface area contributed by atoms with Crippen molar-refractivity contribution in [2.24, 2.45) is 0 Å². The highest BCUT2D eigenvalue weighted by Crippen LogP contribution is 2.19. The van der Waals surface area contributed by atoms with Crippen LogP contribution < -0.4 is 5.32 Å². The summed E-state index contributed by atoms with van der Waals surface area (Å²) in [6.07, 6.45) is -2.70. The third-order valence-electron chi connectivity index (χ3n) is 2.32. The zero-order valence-corrected chi connectivity index (χ0v) is 8.60. The molecule has 3 nitrogen and oxygen atoms in total. The Kier molecular flexibility index (Phi) is 3.96. The highest BCUT2D eigenvalue weighted by molar-refractivity contribution is 5.73. The smallest absolute Gasteiger partial charge is 0.352 e. The molecular formula is C9H15F3N2O. The molecular weight excluding hydrogens is 209 g/mol. The number of likely N-dealkylation sites (tertiary alicyclic amines) is 1. The molecule has 0 spiro atoms. The first-order chi connectivity index (χ1) is 6.87. The van der Waals surface area contributed by atoms with Gasteiger partial charge in [0.15, 0.2) is 0 Å². The Labute approximate surface area is 86.6 Å². The van der Waals surface area contributed by atoms with Gasteiger partial charge in [-0.2, -0.15) is 13.2 Å². The molecule has 0 aromatic carbocycles. The molecule has 1 atom stereocenters. The molecule has 88 valence electrons. The fraction of sp³-hybridized carbons (Fsp3) is 0.889. The predicted molar refractivity (Wildman–Crippen MR) is 49.3 cm³/mol. The van der Waals surface area contributed by atoms with Crippen LogP contribution in [0.3, 0.4) is 0 Å². The van der Waals surface area contributed by atoms with E-state index in [4.69, 9.17) is 0 Å². The third-order valence-corrected chi connectivity index (χ3v) is 2.32. The number of halogens is 3. The number of piperidine rings is 1. The van der Waals surface area contributed by atoms with Crippen molar-refractivity contribution in [2.45, 2.75) is 32.0 Å². The largest absolute Gasteiger partial charge is 0.401 e. The molecule has 0 saturated carbocycles. The van der Waals surface area contributed by atoms with Gasteiger partial charge in [-0.25, -0.2) is 0 Å². The van der Waals surface area contributed by atoms with Gasteiger partial charge in [0, 0.05) is 19.5 Å². The second-order valence-electron chi connectivity index (χ2n) is 3.89. The van der Waals surface area contributed by atoms with E-state index in [1.807, 2.05) is 0 Å². The first-order valence-corrected chi connectivity index (χ1v) is 4.93. The van der Waals surface area contributed by atoms with Gasteiger partial charge < -0.3 is 5.32 Å². The van der Waals surface area contributed by atoms with Crippen LogP contribution in [0.2, 0.25) is 0 Å². The molecule has 15 heavy (non-hydrogen) atoms. The maximum atomic E-state index is 12.1. The average Bonchev–Trinajstić information content (AvgIpc) is 1.99. The van der Waals surface area contributed by atoms with Gasteiger partial charge in [-0.3, -0.25) is 9.69 Å². The van der Waals surface area contributed by atoms with E-state index in [1.165, 1.54) is 11.8 Å². The summed E-state index contributed by atoms with van der Waals surface area (Å²) in [5, 5.41) is 2.65. The van der Waals surface area contributed by atoms with Gasteiger partial charge in [0.2, 0.25) is 5.91 Å². The molecule has 0 aromatic rings. The van der Waals surface area contributed by atoms with E-state index in [1.54, 1.807) is 0 Å². The summed E-state index contributed by atoms with van der Waals surface area (Å²) >= 11 is 0. The molecule has 0 aliphatic carbocycles. The van der Waals surface area contributed by atoms with Crippen LogP contribution in [0, 0.1) is 0 Å². The SMILES string of the molecule is CC(=O)N[C@H]1CCCN(CC(F)(F)F)C1. The Hall–Kier alpha value is -0.780. The second-order valence-corrected chi connectivity index (χ2v) is 3.89. The maximum absolute atomic E-state index is 12.1. The number of amides is 1. The van der Waals surface area contributed by atoms with E-state index in [-0.39, 0.29) is 11.9 Å². The van der Waals surface area contributed by atoms with E-state index in [9.17, 15) is 18.0 Å². The third kappa shape index (κ3) is 5.01. The minimum atomic E-state index is -4.15. The van der Waals surface area contributed by atoms with Gasteiger partial charge in [0.1, 0.15) is 0 Å². The summed E-state index contributed by atoms with van der Waals surface area (Å²) in [6.45, 7) is 1.24. The molecule has 6 heteroatoms. The van der Waals surface area contributed by atoms with Crippen LogP contribution in [-0.2, 0) is 4.79 Å². The number of nitrogens with zero attached hydrogens (tertiary/aromatic N) is 1. The van der Waals surface area contributed by atoms with Gasteiger partial charge in [-0.1, -0.05) is 0 Å². The van der Waals surface area contributed by atoms with E-state index < -0.39 is 12.7 Å². The van der Waals surface area contributed by atoms with Crippen LogP contribution in [0.5, 0.6) is 0 Å². The summed E-state index contributed by atoms with van der Waals surface area (Å²) in [7, 11) is 0. The number of rotatable bonds is 2. The maximum Gasteiger partial charge on any atom is 0.401 e. The van der Waals surface area contributed by atoms with Crippen molar-refractivity contribution in [2.75, 3.05) is 19.6 Å². The highest BCUT2D eigenvalue weighted by Gasteiger charge is 2.33. The van der Waals surface area contributed by atoms with Crippen molar-refractivity contribution < 1.29 is 18.0 Å². The van der Waals surface area contributed by atoms with Gasteiger partial charge in [-0.15, -0.1) is 0 Å². The fourth-order valence-corrected chi connectivity index (χ4v) is 1.86. The van der Waals surface area contributed by atoms with Crippen molar-refractivity contribution in [3.63, 3.8) is 0 Å². The monoisotopic (exact) mass is 224 g/mol. The lowest BCUT2D eigenvalue weighted by Crippen LogP contribution is -2.49. The zero-order valence-electron chi connectivity index (χ0n) is 8.60. The number of carbonyl (C=O) groups excluding carboxylic acids is 1. The van der Waals surface area contributed by atoms with E-state index in [0.717, 1.165) is 6.42 Å². The van der Waals surface area contributed by atoms with Crippen molar-refractivity contribution in [1.29, 1.82) is 0 Å². The number of hydrogen-bond donors (Lipinski definition) is 1. The summed E-state index contributed by atoms with van der Waals surface area (Å²) in [5.74, 6) is -0.186. The van der Waals surface area contributed by atoms with E-state index in [2.05, 4.69) is 5.32 Å². The average molecular weight is 224 g/mol. The molecule has 0 aromatic heterocycles. The topological polar surface area (TPSA) is 32.3 Å². The number of nitrogens with one attached hydrogen (secondary N) is 1. The van der Waals surface area contributed by atoms with Crippen molar-refractivity contribution in [1.82, 2.24) is 10.2 Å². The molecule has 1 aliphatic rings. The zero-order chi connectivity index (χ0) is 11.5. The van der Waals surface area contributed by atoms with Gasteiger partial charge in [-0.05, 0) is 19.4 Å². The minimum Gasteiger partial charge on any atom is -0.352 e. The lowest BCUT2D eigenvalue weighted by Gasteiger charge is -2.33. The van der Waals surface area contributed by atoms with E-state index >= 15 is 0 Å². The highest BCUT2D eigenvalue weighted by atomic mass is 19.4. The fourth-order valence-electron chi connectivity index (χ4n) is 1.86. The Morgan fingerprint density at radius 1 is 1.53 bits per heavy atom. The van der Waals surface area contributed by atoms with Crippen molar-refractivity contribution in [3.8, 4) is 0 Å². The Morgan fingerprint density at radius 3 is 2.73 bits per heavy atom. The quantitative estimate of drug-likeness (QED) is 0.763. The van der Waals surface area contributed by atoms with Gasteiger partial charge >= 0.3 is 6.18 Å². The molecule has 1 rings (SSSR count). The molecule has 1 heterocycles. The first-order valence-electron chi connectivity index (χ1n) is 4.93. The minimum absolute atomic E-state index is 0.140. The predicted octanol–water partition coefficient (Wildman–Crippen LogP) is 1.15. The summed E-state index contributed by atoms with van der Waals surface area (Å²) in [6, 6.07) is -0.140. The molecule has 0 radical (unpaired) electrons. The van der Waals surface area contributed by atoms with Crippen LogP contribution in [0.25, 0.3) is 0 Å². The van der Waals surface area contributed by atoms with Gasteiger partial charge in [0.25, 0.3) is 0 Å². The Bertz CT molecular complexity index is 230. The Morgan fingerprint density at radius 2 is 2.20 bits per heavy atom. The van der Waals surface area contributed by atoms with Gasteiger partial charge in [0.05, 0.1) is 6.54 Å². The normalized spacial score (nSPS) is 23.9. The summed E-state index contributed by atoms with van der Waals surface area (Å²) in [4.78, 5) is 12.1. The summed E-state index contributed by atoms with van der Waals surface area (Å²) in [5.41, 5.74) is 0. The molecule has 1 N–H and O–H groups in total. The van der Waals surface area contributed by atoms with Crippen LogP contribution in [0.4, 0.5) is 13.2 Å². The molecule has 0 bridgehead atoms. The molecule has 1 amide bonds. The van der Waals surface area contributed by atoms with Crippen molar-refractivity contribution in [3.05, 3.63) is 0 Å². The first kappa shape index (κ1) is 12.3. The molecule has 1 aliphatic heterocycles. The second kappa shape index (κ2) is 4.83. The van der Waals surface area contributed by atoms with Crippen LogP contribution in [0.15, 0.2) is 0 Å². The van der Waals surface area contributed by atoms with E-state index in [0.29, 0.717) is 19.5 Å². The van der Waals surface area contributed by atoms with Crippen LogP contribution >= 0.6 is 0 Å². The lowest BCUT2D eigenvalue weighted by molar-refractivity contribution is -0.148.